The molecule has 0 aliphatic carbocycles. The van der Waals surface area contributed by atoms with Crippen molar-refractivity contribution < 1.29 is 29.3 Å². The summed E-state index contributed by atoms with van der Waals surface area (Å²) >= 11 is 0. The zero-order valence-corrected chi connectivity index (χ0v) is 19.7. The van der Waals surface area contributed by atoms with Gasteiger partial charge in [-0.05, 0) is 65.1 Å². The number of aromatic carboxylic acids is 1. The molecule has 6 nitrogen and oxygen atoms in total. The van der Waals surface area contributed by atoms with E-state index in [1.165, 1.54) is 13.2 Å². The molecule has 34 heavy (non-hydrogen) atoms. The normalized spacial score (nSPS) is 10.5. The summed E-state index contributed by atoms with van der Waals surface area (Å²) in [5.74, 6) is -0.991. The number of carbonyl (C=O) groups excluding carboxylic acids is 1. The van der Waals surface area contributed by atoms with E-state index in [9.17, 15) is 14.7 Å². The Morgan fingerprint density at radius 2 is 1.38 bits per heavy atom. The average molecular weight is 461 g/mol. The summed E-state index contributed by atoms with van der Waals surface area (Å²) < 4.78 is 10.6. The third-order valence-electron chi connectivity index (χ3n) is 5.61. The number of carbonyl (C=O) groups is 2. The van der Waals surface area contributed by atoms with Crippen molar-refractivity contribution in [3.8, 4) is 11.5 Å². The minimum atomic E-state index is -1.11. The van der Waals surface area contributed by atoms with E-state index in [0.717, 1.165) is 33.5 Å². The Morgan fingerprint density at radius 3 is 1.91 bits per heavy atom. The van der Waals surface area contributed by atoms with Crippen molar-refractivity contribution in [2.24, 2.45) is 0 Å². The van der Waals surface area contributed by atoms with Crippen molar-refractivity contribution in [2.45, 2.75) is 27.2 Å². The Bertz CT molecular complexity index is 1360. The highest BCUT2D eigenvalue weighted by Gasteiger charge is 2.18. The van der Waals surface area contributed by atoms with Crippen LogP contribution in [0.4, 0.5) is 0 Å². The summed E-state index contributed by atoms with van der Waals surface area (Å²) in [5, 5.41) is 22.4. The number of ether oxygens (including phenoxy) is 2. The summed E-state index contributed by atoms with van der Waals surface area (Å²) in [6, 6.07) is 18.7. The molecule has 4 aromatic rings. The Kier molecular flexibility index (Phi) is 7.74. The molecule has 0 amide bonds. The second-order valence-corrected chi connectivity index (χ2v) is 7.86. The molecule has 0 saturated carbocycles. The Labute approximate surface area is 198 Å². The fourth-order valence-corrected chi connectivity index (χ4v) is 3.84. The third-order valence-corrected chi connectivity index (χ3v) is 5.61. The van der Waals surface area contributed by atoms with E-state index in [1.54, 1.807) is 6.92 Å². The monoisotopic (exact) mass is 460 g/mol. The van der Waals surface area contributed by atoms with Crippen LogP contribution < -0.4 is 4.74 Å². The number of hydrogen-bond donors (Lipinski definition) is 2. The predicted molar refractivity (Wildman–Crippen MR) is 133 cm³/mol. The van der Waals surface area contributed by atoms with Gasteiger partial charge in [0.15, 0.2) is 0 Å². The van der Waals surface area contributed by atoms with Crippen molar-refractivity contribution in [1.29, 1.82) is 0 Å². The predicted octanol–water partition coefficient (Wildman–Crippen LogP) is 6.28. The molecule has 4 rings (SSSR count). The topological polar surface area (TPSA) is 93.1 Å². The zero-order valence-electron chi connectivity index (χ0n) is 19.7. The number of phenols is 1. The van der Waals surface area contributed by atoms with Gasteiger partial charge in [-0.3, -0.25) is 0 Å². The molecule has 0 spiro atoms. The van der Waals surface area contributed by atoms with Crippen molar-refractivity contribution >= 4 is 33.5 Å². The highest BCUT2D eigenvalue weighted by atomic mass is 16.5. The Morgan fingerprint density at radius 1 is 0.853 bits per heavy atom. The van der Waals surface area contributed by atoms with E-state index in [-0.39, 0.29) is 17.3 Å². The van der Waals surface area contributed by atoms with Gasteiger partial charge in [0.2, 0.25) is 0 Å². The molecule has 2 N–H and O–H groups in total. The summed E-state index contributed by atoms with van der Waals surface area (Å²) in [4.78, 5) is 22.7. The fraction of sp³-hybridized carbons (Fsp3) is 0.214. The summed E-state index contributed by atoms with van der Waals surface area (Å²) in [6.45, 7) is 6.31. The number of hydrogen-bond acceptors (Lipinski definition) is 5. The molecule has 0 fully saturated rings. The van der Waals surface area contributed by atoms with Gasteiger partial charge in [-0.2, -0.15) is 0 Å². The molecule has 0 aromatic heterocycles. The highest BCUT2D eigenvalue weighted by Crippen LogP contribution is 2.32. The maximum absolute atomic E-state index is 11.9. The van der Waals surface area contributed by atoms with E-state index < -0.39 is 5.97 Å². The lowest BCUT2D eigenvalue weighted by Crippen LogP contribution is -2.08. The lowest BCUT2D eigenvalue weighted by Gasteiger charge is -2.15. The number of esters is 1. The molecule has 0 radical (unpaired) electrons. The standard InChI is InChI=1S/C16H18O3.C12H10O3/c1-4-9-19-15-11(2)13-8-6-5-7-12(13)10-14(15)16(17)18-3;1-7-9-5-3-2-4-8(9)6-10(11(7)13)12(14)15/h5-8,10H,4,9H2,1-3H3;2-6,13H,1H3,(H,14,15). The van der Waals surface area contributed by atoms with Crippen molar-refractivity contribution in [3.05, 3.63) is 82.9 Å². The molecule has 0 aliphatic rings. The first-order valence-corrected chi connectivity index (χ1v) is 11.0. The number of carboxylic acids is 1. The van der Waals surface area contributed by atoms with Crippen LogP contribution in [-0.4, -0.2) is 35.9 Å². The van der Waals surface area contributed by atoms with Crippen LogP contribution in [-0.2, 0) is 4.74 Å². The maximum Gasteiger partial charge on any atom is 0.341 e. The van der Waals surface area contributed by atoms with Crippen molar-refractivity contribution in [1.82, 2.24) is 0 Å². The van der Waals surface area contributed by atoms with Crippen molar-refractivity contribution in [2.75, 3.05) is 13.7 Å². The first kappa shape index (κ1) is 24.6. The van der Waals surface area contributed by atoms with Gasteiger partial charge in [0, 0.05) is 0 Å². The number of aryl methyl sites for hydroxylation is 2. The molecule has 176 valence electrons. The van der Waals surface area contributed by atoms with Crippen molar-refractivity contribution in [3.63, 3.8) is 0 Å². The third kappa shape index (κ3) is 4.96. The van der Waals surface area contributed by atoms with Crippen LogP contribution >= 0.6 is 0 Å². The molecule has 0 heterocycles. The van der Waals surface area contributed by atoms with E-state index >= 15 is 0 Å². The molecule has 4 aromatic carbocycles. The molecule has 0 saturated heterocycles. The van der Waals surface area contributed by atoms with Gasteiger partial charge in [-0.15, -0.1) is 0 Å². The quantitative estimate of drug-likeness (QED) is 0.341. The number of methoxy groups -OCH3 is 1. The van der Waals surface area contributed by atoms with Crippen LogP contribution in [0.3, 0.4) is 0 Å². The summed E-state index contributed by atoms with van der Waals surface area (Å²) in [7, 11) is 1.39. The SMILES string of the molecule is CCCOc1c(C(=O)OC)cc2ccccc2c1C.Cc1c(O)c(C(=O)O)cc2ccccc12. The lowest BCUT2D eigenvalue weighted by atomic mass is 10.00. The van der Waals surface area contributed by atoms with Gasteiger partial charge < -0.3 is 19.7 Å². The lowest BCUT2D eigenvalue weighted by molar-refractivity contribution is 0.0595. The van der Waals surface area contributed by atoms with Gasteiger partial charge in [0.25, 0.3) is 0 Å². The molecule has 0 atom stereocenters. The zero-order chi connectivity index (χ0) is 24.8. The molecule has 0 unspecified atom stereocenters. The Balaban J connectivity index is 0.000000196. The summed E-state index contributed by atoms with van der Waals surface area (Å²) in [6.07, 6.45) is 0.896. The molecule has 0 bridgehead atoms. The van der Waals surface area contributed by atoms with Crippen LogP contribution in [0.15, 0.2) is 60.7 Å². The van der Waals surface area contributed by atoms with E-state index in [1.807, 2.05) is 68.4 Å². The van der Waals surface area contributed by atoms with Gasteiger partial charge in [0.1, 0.15) is 22.6 Å². The second kappa shape index (κ2) is 10.7. The number of aromatic hydroxyl groups is 1. The number of benzene rings is 4. The van der Waals surface area contributed by atoms with Crippen LogP contribution in [0.2, 0.25) is 0 Å². The second-order valence-electron chi connectivity index (χ2n) is 7.86. The molecular formula is C28H28O6. The smallest absolute Gasteiger partial charge is 0.341 e. The van der Waals surface area contributed by atoms with E-state index in [2.05, 4.69) is 0 Å². The number of fused-ring (bicyclic) bond motifs is 2. The molecule has 0 aliphatic heterocycles. The number of rotatable bonds is 5. The first-order valence-electron chi connectivity index (χ1n) is 11.0. The minimum Gasteiger partial charge on any atom is -0.507 e. The van der Waals surface area contributed by atoms with Gasteiger partial charge in [-0.25, -0.2) is 9.59 Å². The van der Waals surface area contributed by atoms with Gasteiger partial charge in [0.05, 0.1) is 13.7 Å². The van der Waals surface area contributed by atoms with E-state index in [0.29, 0.717) is 23.5 Å². The van der Waals surface area contributed by atoms with Crippen LogP contribution in [0.5, 0.6) is 11.5 Å². The fourth-order valence-electron chi connectivity index (χ4n) is 3.84. The van der Waals surface area contributed by atoms with Crippen LogP contribution in [0.1, 0.15) is 45.2 Å². The van der Waals surface area contributed by atoms with Gasteiger partial charge in [-0.1, -0.05) is 55.5 Å². The van der Waals surface area contributed by atoms with Crippen LogP contribution in [0, 0.1) is 13.8 Å². The van der Waals surface area contributed by atoms with Crippen LogP contribution in [0.25, 0.3) is 21.5 Å². The van der Waals surface area contributed by atoms with E-state index in [4.69, 9.17) is 14.6 Å². The Hall–Kier alpha value is -4.06. The summed E-state index contributed by atoms with van der Waals surface area (Å²) in [5.41, 5.74) is 2.02. The molecular weight excluding hydrogens is 432 g/mol. The number of carboxylic acid groups (broad SMARTS) is 1. The van der Waals surface area contributed by atoms with Gasteiger partial charge >= 0.3 is 11.9 Å². The minimum absolute atomic E-state index is 0.0498. The average Bonchev–Trinajstić information content (AvgIpc) is 2.85. The largest absolute Gasteiger partial charge is 0.507 e. The molecule has 6 heteroatoms. The maximum atomic E-state index is 11.9. The highest BCUT2D eigenvalue weighted by molar-refractivity contribution is 6.01. The first-order chi connectivity index (χ1) is 16.3.